The molecule has 2 rings (SSSR count). The molecule has 0 saturated heterocycles. The molecule has 7 nitrogen and oxygen atoms in total. The second-order valence-electron chi connectivity index (χ2n) is 10.9. The fourth-order valence-corrected chi connectivity index (χ4v) is 3.62. The molecule has 0 fully saturated rings. The Hall–Kier alpha value is -2.77. The second-order valence-corrected chi connectivity index (χ2v) is 10.9. The van der Waals surface area contributed by atoms with Crippen LogP contribution in [0.2, 0.25) is 0 Å². The van der Waals surface area contributed by atoms with Crippen LogP contribution in [0, 0.1) is 0 Å². The lowest BCUT2D eigenvalue weighted by Crippen LogP contribution is -2.26. The Balaban J connectivity index is 1.67. The zero-order chi connectivity index (χ0) is 27.9. The van der Waals surface area contributed by atoms with Crippen molar-refractivity contribution in [1.82, 2.24) is 0 Å². The monoisotopic (exact) mass is 530 g/mol. The van der Waals surface area contributed by atoms with E-state index >= 15 is 0 Å². The predicted octanol–water partition coefficient (Wildman–Crippen LogP) is 8.88. The van der Waals surface area contributed by atoms with E-state index in [9.17, 15) is 4.79 Å². The van der Waals surface area contributed by atoms with Gasteiger partial charge >= 0.3 is 6.16 Å². The Morgan fingerprint density at radius 3 is 1.32 bits per heavy atom. The lowest BCUT2D eigenvalue weighted by Gasteiger charge is -2.23. The van der Waals surface area contributed by atoms with E-state index in [1.807, 2.05) is 52.0 Å². The highest BCUT2D eigenvalue weighted by atomic mass is 17.2. The summed E-state index contributed by atoms with van der Waals surface area (Å²) in [6, 6.07) is 14.4. The molecule has 0 radical (unpaired) electrons. The van der Waals surface area contributed by atoms with Gasteiger partial charge in [-0.05, 0) is 75.9 Å². The van der Waals surface area contributed by atoms with Gasteiger partial charge in [-0.2, -0.15) is 9.78 Å². The van der Waals surface area contributed by atoms with Gasteiger partial charge in [-0.15, -0.1) is 0 Å². The second kappa shape index (κ2) is 16.2. The van der Waals surface area contributed by atoms with E-state index in [1.54, 1.807) is 24.3 Å². The van der Waals surface area contributed by atoms with Gasteiger partial charge < -0.3 is 19.2 Å². The molecule has 0 aliphatic rings. The third-order valence-electron chi connectivity index (χ3n) is 6.05. The zero-order valence-corrected chi connectivity index (χ0v) is 24.0. The first-order valence-electron chi connectivity index (χ1n) is 13.8. The van der Waals surface area contributed by atoms with Crippen LogP contribution in [0.4, 0.5) is 4.79 Å². The number of unbranched alkanes of at least 4 members (excludes halogenated alkanes) is 4. The Bertz CT molecular complexity index is 845. The van der Waals surface area contributed by atoms with E-state index in [1.165, 1.54) is 25.7 Å². The Kier molecular flexibility index (Phi) is 13.4. The van der Waals surface area contributed by atoms with Gasteiger partial charge in [0.25, 0.3) is 0 Å². The summed E-state index contributed by atoms with van der Waals surface area (Å²) < 4.78 is 10.4. The minimum absolute atomic E-state index is 0.0979. The maximum atomic E-state index is 12.0. The molecule has 0 unspecified atom stereocenters. The molecule has 0 aliphatic heterocycles. The van der Waals surface area contributed by atoms with Gasteiger partial charge in [0.15, 0.2) is 11.5 Å². The van der Waals surface area contributed by atoms with Crippen LogP contribution in [-0.4, -0.2) is 17.4 Å². The first kappa shape index (κ1) is 31.4. The molecule has 0 heterocycles. The van der Waals surface area contributed by atoms with Crippen molar-refractivity contribution in [2.75, 3.05) is 0 Å². The third kappa shape index (κ3) is 13.2. The minimum Gasteiger partial charge on any atom is -0.429 e. The van der Waals surface area contributed by atoms with E-state index in [0.29, 0.717) is 11.5 Å². The SMILES string of the molecule is CCCCCC(C)(C)OOc1ccc(COC(=O)OCc2ccc(OOC(C)(C)CCCCC)cc2)cc1. The number of carbonyl (C=O) groups excluding carboxylic acids is 1. The highest BCUT2D eigenvalue weighted by Crippen LogP contribution is 2.23. The molecule has 0 atom stereocenters. The standard InChI is InChI=1S/C31H46O7/c1-7-9-11-21-30(3,4)37-35-27-17-13-25(14-18-27)23-33-29(32)34-24-26-15-19-28(20-16-26)36-38-31(5,6)22-12-10-8-2/h13-20H,7-12,21-24H2,1-6H3. The van der Waals surface area contributed by atoms with Crippen molar-refractivity contribution < 1.29 is 33.8 Å². The Morgan fingerprint density at radius 1 is 0.605 bits per heavy atom. The van der Waals surface area contributed by atoms with Crippen molar-refractivity contribution in [1.29, 1.82) is 0 Å². The van der Waals surface area contributed by atoms with Gasteiger partial charge in [0, 0.05) is 0 Å². The molecule has 0 amide bonds. The quantitative estimate of drug-likeness (QED) is 0.0824. The van der Waals surface area contributed by atoms with Gasteiger partial charge in [0.2, 0.25) is 0 Å². The molecule has 38 heavy (non-hydrogen) atoms. The predicted molar refractivity (Wildman–Crippen MR) is 148 cm³/mol. The van der Waals surface area contributed by atoms with Crippen LogP contribution in [0.1, 0.15) is 104 Å². The fraction of sp³-hybridized carbons (Fsp3) is 0.581. The number of hydrogen-bond donors (Lipinski definition) is 0. The van der Waals surface area contributed by atoms with E-state index in [-0.39, 0.29) is 24.4 Å². The maximum Gasteiger partial charge on any atom is 0.508 e. The van der Waals surface area contributed by atoms with Gasteiger partial charge in [-0.25, -0.2) is 4.79 Å². The number of rotatable bonds is 18. The Labute approximate surface area is 228 Å². The Morgan fingerprint density at radius 2 is 0.974 bits per heavy atom. The molecular weight excluding hydrogens is 484 g/mol. The van der Waals surface area contributed by atoms with Crippen molar-refractivity contribution in [2.24, 2.45) is 0 Å². The van der Waals surface area contributed by atoms with Crippen LogP contribution in [0.3, 0.4) is 0 Å². The van der Waals surface area contributed by atoms with Gasteiger partial charge in [0.05, 0.1) is 0 Å². The summed E-state index contributed by atoms with van der Waals surface area (Å²) in [5.74, 6) is 1.19. The lowest BCUT2D eigenvalue weighted by atomic mass is 10.0. The van der Waals surface area contributed by atoms with Crippen molar-refractivity contribution in [2.45, 2.75) is 117 Å². The van der Waals surface area contributed by atoms with Gasteiger partial charge in [-0.3, -0.25) is 0 Å². The molecule has 0 N–H and O–H groups in total. The smallest absolute Gasteiger partial charge is 0.429 e. The van der Waals surface area contributed by atoms with E-state index in [0.717, 1.165) is 36.8 Å². The maximum absolute atomic E-state index is 12.0. The first-order chi connectivity index (χ1) is 18.1. The third-order valence-corrected chi connectivity index (χ3v) is 6.05. The van der Waals surface area contributed by atoms with Crippen LogP contribution >= 0.6 is 0 Å². The molecule has 0 saturated carbocycles. The molecule has 0 spiro atoms. The summed E-state index contributed by atoms with van der Waals surface area (Å²) in [5, 5.41) is 0. The van der Waals surface area contributed by atoms with Gasteiger partial charge in [-0.1, -0.05) is 76.6 Å². The number of ether oxygens (including phenoxy) is 2. The van der Waals surface area contributed by atoms with Crippen LogP contribution in [0.15, 0.2) is 48.5 Å². The van der Waals surface area contributed by atoms with E-state index in [2.05, 4.69) is 13.8 Å². The van der Waals surface area contributed by atoms with E-state index in [4.69, 9.17) is 29.0 Å². The molecule has 0 aliphatic carbocycles. The summed E-state index contributed by atoms with van der Waals surface area (Å²) in [6.45, 7) is 12.6. The summed E-state index contributed by atoms with van der Waals surface area (Å²) >= 11 is 0. The first-order valence-corrected chi connectivity index (χ1v) is 13.8. The summed E-state index contributed by atoms with van der Waals surface area (Å²) in [7, 11) is 0. The average Bonchev–Trinajstić information content (AvgIpc) is 2.90. The zero-order valence-electron chi connectivity index (χ0n) is 24.0. The van der Waals surface area contributed by atoms with Crippen LogP contribution < -0.4 is 9.78 Å². The van der Waals surface area contributed by atoms with Crippen LogP contribution in [0.25, 0.3) is 0 Å². The number of benzene rings is 2. The lowest BCUT2D eigenvalue weighted by molar-refractivity contribution is -0.282. The molecule has 212 valence electrons. The largest absolute Gasteiger partial charge is 0.508 e. The fourth-order valence-electron chi connectivity index (χ4n) is 3.62. The van der Waals surface area contributed by atoms with Crippen molar-refractivity contribution in [3.63, 3.8) is 0 Å². The molecule has 2 aromatic rings. The highest BCUT2D eigenvalue weighted by Gasteiger charge is 2.21. The molecule has 0 aromatic heterocycles. The van der Waals surface area contributed by atoms with Gasteiger partial charge in [0.1, 0.15) is 24.4 Å². The van der Waals surface area contributed by atoms with Crippen molar-refractivity contribution in [3.8, 4) is 11.5 Å². The summed E-state index contributed by atoms with van der Waals surface area (Å²) in [6.07, 6.45) is 8.03. The molecular formula is C31H46O7. The molecule has 0 bridgehead atoms. The minimum atomic E-state index is -0.736. The summed E-state index contributed by atoms with van der Waals surface area (Å²) in [5.41, 5.74) is 0.922. The average molecular weight is 531 g/mol. The van der Waals surface area contributed by atoms with Crippen molar-refractivity contribution >= 4 is 6.16 Å². The van der Waals surface area contributed by atoms with Crippen molar-refractivity contribution in [3.05, 3.63) is 59.7 Å². The topological polar surface area (TPSA) is 72.5 Å². The number of hydrogen-bond acceptors (Lipinski definition) is 7. The molecule has 7 heteroatoms. The van der Waals surface area contributed by atoms with Crippen LogP contribution in [-0.2, 0) is 32.5 Å². The normalized spacial score (nSPS) is 11.7. The highest BCUT2D eigenvalue weighted by molar-refractivity contribution is 5.60. The molecule has 2 aromatic carbocycles. The number of carbonyl (C=O) groups is 1. The van der Waals surface area contributed by atoms with E-state index < -0.39 is 6.16 Å². The summed E-state index contributed by atoms with van der Waals surface area (Å²) in [4.78, 5) is 34.2. The van der Waals surface area contributed by atoms with Crippen LogP contribution in [0.5, 0.6) is 11.5 Å².